The molecule has 0 amide bonds. The van der Waals surface area contributed by atoms with Gasteiger partial charge in [-0.15, -0.1) is 11.3 Å². The Morgan fingerprint density at radius 1 is 0.400 bits per heavy atom. The van der Waals surface area contributed by atoms with E-state index in [-0.39, 0.29) is 0 Å². The summed E-state index contributed by atoms with van der Waals surface area (Å²) in [7, 11) is 0. The van der Waals surface area contributed by atoms with E-state index in [0.29, 0.717) is 17.5 Å². The summed E-state index contributed by atoms with van der Waals surface area (Å²) in [5, 5.41) is 5.35. The second-order valence-corrected chi connectivity index (χ2v) is 13.3. The lowest BCUT2D eigenvalue weighted by atomic mass is 9.92. The first kappa shape index (κ1) is 28.5. The fraction of sp³-hybridized carbons (Fsp3) is 0. The lowest BCUT2D eigenvalue weighted by Gasteiger charge is -2.13. The Hall–Kier alpha value is -6.50. The van der Waals surface area contributed by atoms with E-state index in [1.165, 1.54) is 0 Å². The zero-order chi connectivity index (χ0) is 33.0. The molecule has 0 bridgehead atoms. The standard InChI is InChI=1S/C44H26N4OS/c1-4-13-27(14-5-1)41-46-42(28-15-6-2-7-16-28)48-43(47-41)34-24-23-32(30-19-10-11-20-31(30)34)33-21-12-22-37-40(33)35-25-39-36(26-38(35)49-37)45-44(50-39)29-17-8-3-9-18-29/h1-26H. The van der Waals surface area contributed by atoms with E-state index >= 15 is 0 Å². The van der Waals surface area contributed by atoms with Gasteiger partial charge in [-0.05, 0) is 40.1 Å². The number of hydrogen-bond acceptors (Lipinski definition) is 6. The first-order chi connectivity index (χ1) is 24.8. The van der Waals surface area contributed by atoms with Crippen LogP contribution in [0.4, 0.5) is 0 Å². The Balaban J connectivity index is 1.16. The molecule has 6 heteroatoms. The van der Waals surface area contributed by atoms with Crippen LogP contribution in [0.15, 0.2) is 162 Å². The molecule has 0 aliphatic heterocycles. The van der Waals surface area contributed by atoms with Crippen LogP contribution in [0.3, 0.4) is 0 Å². The highest BCUT2D eigenvalue weighted by atomic mass is 32.1. The van der Waals surface area contributed by atoms with Crippen molar-refractivity contribution in [3.05, 3.63) is 158 Å². The van der Waals surface area contributed by atoms with Crippen LogP contribution in [-0.4, -0.2) is 19.9 Å². The van der Waals surface area contributed by atoms with Crippen molar-refractivity contribution in [3.8, 4) is 55.9 Å². The lowest BCUT2D eigenvalue weighted by molar-refractivity contribution is 0.669. The number of nitrogens with zero attached hydrogens (tertiary/aromatic N) is 4. The van der Waals surface area contributed by atoms with Crippen molar-refractivity contribution in [2.45, 2.75) is 0 Å². The molecule has 0 unspecified atom stereocenters. The van der Waals surface area contributed by atoms with Crippen LogP contribution >= 0.6 is 11.3 Å². The third kappa shape index (κ3) is 4.77. The minimum atomic E-state index is 0.634. The minimum absolute atomic E-state index is 0.634. The van der Waals surface area contributed by atoms with Crippen molar-refractivity contribution in [2.24, 2.45) is 0 Å². The molecule has 0 saturated carbocycles. The second-order valence-electron chi connectivity index (χ2n) is 12.2. The molecule has 0 saturated heterocycles. The highest BCUT2D eigenvalue weighted by molar-refractivity contribution is 7.21. The third-order valence-electron chi connectivity index (χ3n) is 9.18. The Labute approximate surface area is 291 Å². The molecule has 3 aromatic heterocycles. The number of benzene rings is 7. The van der Waals surface area contributed by atoms with Crippen LogP contribution in [0.1, 0.15) is 0 Å². The molecule has 0 aliphatic carbocycles. The summed E-state index contributed by atoms with van der Waals surface area (Å²) in [5.41, 5.74) is 8.81. The average Bonchev–Trinajstić information content (AvgIpc) is 3.78. The Kier molecular flexibility index (Phi) is 6.60. The number of fused-ring (bicyclic) bond motifs is 5. The molecule has 50 heavy (non-hydrogen) atoms. The molecule has 0 fully saturated rings. The van der Waals surface area contributed by atoms with E-state index < -0.39 is 0 Å². The van der Waals surface area contributed by atoms with Crippen molar-refractivity contribution < 1.29 is 4.42 Å². The molecule has 0 aliphatic rings. The number of furan rings is 1. The number of aromatic nitrogens is 4. The van der Waals surface area contributed by atoms with Crippen molar-refractivity contribution in [3.63, 3.8) is 0 Å². The maximum atomic E-state index is 6.49. The normalized spacial score (nSPS) is 11.6. The van der Waals surface area contributed by atoms with E-state index in [1.807, 2.05) is 84.9 Å². The van der Waals surface area contributed by atoms with Crippen molar-refractivity contribution in [1.82, 2.24) is 19.9 Å². The Bertz CT molecular complexity index is 2810. The van der Waals surface area contributed by atoms with Gasteiger partial charge in [-0.1, -0.05) is 133 Å². The third-order valence-corrected chi connectivity index (χ3v) is 10.2. The Morgan fingerprint density at radius 2 is 0.980 bits per heavy atom. The molecule has 3 heterocycles. The van der Waals surface area contributed by atoms with Crippen molar-refractivity contribution in [1.29, 1.82) is 0 Å². The lowest BCUT2D eigenvalue weighted by Crippen LogP contribution is -2.00. The molecule has 5 nitrogen and oxygen atoms in total. The molecule has 234 valence electrons. The summed E-state index contributed by atoms with van der Waals surface area (Å²) in [6.45, 7) is 0. The van der Waals surface area contributed by atoms with Crippen LogP contribution in [-0.2, 0) is 0 Å². The first-order valence-electron chi connectivity index (χ1n) is 16.5. The summed E-state index contributed by atoms with van der Waals surface area (Å²) in [5.74, 6) is 1.92. The molecule has 10 rings (SSSR count). The molecule has 7 aromatic carbocycles. The monoisotopic (exact) mass is 658 g/mol. The van der Waals surface area contributed by atoms with Gasteiger partial charge in [-0.3, -0.25) is 0 Å². The summed E-state index contributed by atoms with van der Waals surface area (Å²) in [6.07, 6.45) is 0. The van der Waals surface area contributed by atoms with Gasteiger partial charge in [-0.2, -0.15) is 0 Å². The van der Waals surface area contributed by atoms with E-state index in [4.69, 9.17) is 24.4 Å². The van der Waals surface area contributed by atoms with Gasteiger partial charge in [0.05, 0.1) is 10.2 Å². The summed E-state index contributed by atoms with van der Waals surface area (Å²) < 4.78 is 7.62. The van der Waals surface area contributed by atoms with Gasteiger partial charge in [-0.25, -0.2) is 19.9 Å². The smallest absolute Gasteiger partial charge is 0.164 e. The fourth-order valence-corrected chi connectivity index (χ4v) is 7.83. The van der Waals surface area contributed by atoms with Crippen LogP contribution in [0, 0.1) is 0 Å². The van der Waals surface area contributed by atoms with Crippen LogP contribution < -0.4 is 0 Å². The highest BCUT2D eigenvalue weighted by Crippen LogP contribution is 2.43. The van der Waals surface area contributed by atoms with Crippen molar-refractivity contribution in [2.75, 3.05) is 0 Å². The molecule has 0 atom stereocenters. The second kappa shape index (κ2) is 11.6. The topological polar surface area (TPSA) is 64.7 Å². The maximum Gasteiger partial charge on any atom is 0.164 e. The zero-order valence-corrected chi connectivity index (χ0v) is 27.4. The Morgan fingerprint density at radius 3 is 1.66 bits per heavy atom. The van der Waals surface area contributed by atoms with Gasteiger partial charge in [0.1, 0.15) is 16.2 Å². The van der Waals surface area contributed by atoms with Gasteiger partial charge in [0.15, 0.2) is 17.5 Å². The quantitative estimate of drug-likeness (QED) is 0.184. The predicted molar refractivity (Wildman–Crippen MR) is 205 cm³/mol. The highest BCUT2D eigenvalue weighted by Gasteiger charge is 2.19. The van der Waals surface area contributed by atoms with E-state index in [9.17, 15) is 0 Å². The number of hydrogen-bond donors (Lipinski definition) is 0. The van der Waals surface area contributed by atoms with Crippen LogP contribution in [0.2, 0.25) is 0 Å². The molecular weight excluding hydrogens is 633 g/mol. The first-order valence-corrected chi connectivity index (χ1v) is 17.3. The van der Waals surface area contributed by atoms with E-state index in [1.54, 1.807) is 11.3 Å². The largest absolute Gasteiger partial charge is 0.456 e. The van der Waals surface area contributed by atoms with E-state index in [2.05, 4.69) is 72.8 Å². The summed E-state index contributed by atoms with van der Waals surface area (Å²) in [4.78, 5) is 20.0. The molecule has 10 aromatic rings. The number of rotatable bonds is 5. The zero-order valence-electron chi connectivity index (χ0n) is 26.6. The summed E-state index contributed by atoms with van der Waals surface area (Å²) in [6, 6.07) is 54.0. The van der Waals surface area contributed by atoms with Gasteiger partial charge in [0, 0.05) is 39.1 Å². The van der Waals surface area contributed by atoms with E-state index in [0.717, 1.165) is 81.3 Å². The number of thiazole rings is 1. The SMILES string of the molecule is c1ccc(-c2nc(-c3ccccc3)nc(-c3ccc(-c4cccc5oc6cc7nc(-c8ccccc8)sc7cc6c45)c4ccccc34)n2)cc1. The average molecular weight is 659 g/mol. The van der Waals surface area contributed by atoms with Gasteiger partial charge in [0.25, 0.3) is 0 Å². The predicted octanol–water partition coefficient (Wildman–Crippen LogP) is 11.9. The summed E-state index contributed by atoms with van der Waals surface area (Å²) >= 11 is 1.71. The molecule has 0 radical (unpaired) electrons. The molecule has 0 spiro atoms. The maximum absolute atomic E-state index is 6.49. The fourth-order valence-electron chi connectivity index (χ4n) is 6.83. The van der Waals surface area contributed by atoms with Gasteiger partial charge >= 0.3 is 0 Å². The molecule has 0 N–H and O–H groups in total. The van der Waals surface area contributed by atoms with Crippen molar-refractivity contribution >= 4 is 54.3 Å². The van der Waals surface area contributed by atoms with Gasteiger partial charge in [0.2, 0.25) is 0 Å². The van der Waals surface area contributed by atoms with Gasteiger partial charge < -0.3 is 4.42 Å². The minimum Gasteiger partial charge on any atom is -0.456 e. The molecular formula is C44H26N4OS. The van der Waals surface area contributed by atoms with Crippen LogP contribution in [0.25, 0.3) is 98.8 Å². The van der Waals surface area contributed by atoms with Crippen LogP contribution in [0.5, 0.6) is 0 Å².